The molecule has 1 unspecified atom stereocenters. The summed E-state index contributed by atoms with van der Waals surface area (Å²) in [6.45, 7) is 2.51. The highest BCUT2D eigenvalue weighted by Crippen LogP contribution is 2.25. The van der Waals surface area contributed by atoms with Crippen LogP contribution in [0.1, 0.15) is 24.5 Å². The maximum absolute atomic E-state index is 12.7. The fourth-order valence-electron chi connectivity index (χ4n) is 3.41. The molecule has 3 aromatic rings. The second-order valence-electron chi connectivity index (χ2n) is 7.15. The van der Waals surface area contributed by atoms with Crippen LogP contribution in [-0.2, 0) is 22.7 Å². The van der Waals surface area contributed by atoms with Gasteiger partial charge < -0.3 is 5.32 Å². The molecule has 8 nitrogen and oxygen atoms in total. The number of aromatic nitrogens is 3. The topological polar surface area (TPSA) is 92.5 Å². The molecule has 1 aliphatic rings. The van der Waals surface area contributed by atoms with Gasteiger partial charge in [0.25, 0.3) is 5.91 Å². The van der Waals surface area contributed by atoms with Crippen LogP contribution in [0.2, 0.25) is 0 Å². The van der Waals surface area contributed by atoms with Gasteiger partial charge in [-0.3, -0.25) is 14.6 Å². The Morgan fingerprint density at radius 1 is 1.10 bits per heavy atom. The smallest absolute Gasteiger partial charge is 0.267 e. The normalized spacial score (nSPS) is 15.7. The molecule has 1 amide bonds. The number of hydrazone groups is 1. The molecule has 30 heavy (non-hydrogen) atoms. The number of benzene rings is 2. The summed E-state index contributed by atoms with van der Waals surface area (Å²) in [6, 6.07) is 16.9. The maximum Gasteiger partial charge on any atom is 0.267 e. The Hall–Kier alpha value is -3.81. The average molecular weight is 402 g/mol. The van der Waals surface area contributed by atoms with Crippen LogP contribution in [0.5, 0.6) is 0 Å². The van der Waals surface area contributed by atoms with E-state index in [9.17, 15) is 9.59 Å². The van der Waals surface area contributed by atoms with E-state index in [1.807, 2.05) is 54.6 Å². The molecule has 8 heteroatoms. The zero-order chi connectivity index (χ0) is 20.9. The highest BCUT2D eigenvalue weighted by atomic mass is 16.2. The summed E-state index contributed by atoms with van der Waals surface area (Å²) in [5.74, 6) is -0.285. The maximum atomic E-state index is 12.7. The lowest BCUT2D eigenvalue weighted by Crippen LogP contribution is -2.34. The molecular formula is C22H22N6O2. The standard InChI is InChI=1S/C22H22N6O2/c1-16(29)21-11-20(26-28(21)19-8-3-2-4-9-19)22(30)24-12-17-6-5-7-18(10-17)13-27-15-23-14-25-27/h2-10,14-15,21H,11-13H2,1H3,(H,24,30). The van der Waals surface area contributed by atoms with Gasteiger partial charge in [-0.05, 0) is 30.2 Å². The van der Waals surface area contributed by atoms with E-state index < -0.39 is 6.04 Å². The van der Waals surface area contributed by atoms with Crippen LogP contribution >= 0.6 is 0 Å². The summed E-state index contributed by atoms with van der Waals surface area (Å²) >= 11 is 0. The Labute approximate surface area is 174 Å². The van der Waals surface area contributed by atoms with Crippen molar-refractivity contribution in [1.29, 1.82) is 0 Å². The molecule has 152 valence electrons. The highest BCUT2D eigenvalue weighted by molar-refractivity contribution is 6.40. The third kappa shape index (κ3) is 4.43. The summed E-state index contributed by atoms with van der Waals surface area (Å²) in [5.41, 5.74) is 3.19. The first-order valence-corrected chi connectivity index (χ1v) is 9.71. The molecule has 1 atom stereocenters. The van der Waals surface area contributed by atoms with Crippen LogP contribution in [0.3, 0.4) is 0 Å². The monoisotopic (exact) mass is 402 g/mol. The number of nitrogens with one attached hydrogen (secondary N) is 1. The third-order valence-electron chi connectivity index (χ3n) is 4.92. The van der Waals surface area contributed by atoms with Gasteiger partial charge in [-0.25, -0.2) is 9.67 Å². The molecule has 0 saturated heterocycles. The van der Waals surface area contributed by atoms with E-state index in [0.717, 1.165) is 16.8 Å². The number of para-hydroxylation sites is 1. The highest BCUT2D eigenvalue weighted by Gasteiger charge is 2.33. The van der Waals surface area contributed by atoms with Crippen molar-refractivity contribution < 1.29 is 9.59 Å². The van der Waals surface area contributed by atoms with Crippen LogP contribution in [-0.4, -0.2) is 38.2 Å². The predicted molar refractivity (Wildman–Crippen MR) is 113 cm³/mol. The van der Waals surface area contributed by atoms with E-state index in [0.29, 0.717) is 25.2 Å². The van der Waals surface area contributed by atoms with E-state index in [2.05, 4.69) is 20.5 Å². The second kappa shape index (κ2) is 8.69. The first-order valence-electron chi connectivity index (χ1n) is 9.71. The van der Waals surface area contributed by atoms with Gasteiger partial charge in [0, 0.05) is 13.0 Å². The molecule has 2 heterocycles. The lowest BCUT2D eigenvalue weighted by atomic mass is 10.1. The zero-order valence-corrected chi connectivity index (χ0v) is 16.6. The fraction of sp³-hybridized carbons (Fsp3) is 0.227. The minimum Gasteiger partial charge on any atom is -0.347 e. The summed E-state index contributed by atoms with van der Waals surface area (Å²) in [7, 11) is 0. The van der Waals surface area contributed by atoms with E-state index >= 15 is 0 Å². The number of anilines is 1. The van der Waals surface area contributed by atoms with Crippen LogP contribution < -0.4 is 10.3 Å². The van der Waals surface area contributed by atoms with E-state index in [4.69, 9.17) is 0 Å². The van der Waals surface area contributed by atoms with Crippen molar-refractivity contribution in [2.45, 2.75) is 32.5 Å². The molecule has 1 aromatic heterocycles. The number of carbonyl (C=O) groups excluding carboxylic acids is 2. The van der Waals surface area contributed by atoms with Gasteiger partial charge in [-0.2, -0.15) is 10.2 Å². The molecule has 1 aliphatic heterocycles. The van der Waals surface area contributed by atoms with Gasteiger partial charge in [0.2, 0.25) is 0 Å². The predicted octanol–water partition coefficient (Wildman–Crippen LogP) is 2.17. The van der Waals surface area contributed by atoms with Crippen LogP contribution in [0, 0.1) is 0 Å². The molecule has 4 rings (SSSR count). The minimum absolute atomic E-state index is 0.0220. The largest absolute Gasteiger partial charge is 0.347 e. The number of ketones is 1. The number of Topliss-reactive ketones (excluding diaryl/α,β-unsaturated/α-hetero) is 1. The van der Waals surface area contributed by atoms with Crippen LogP contribution in [0.15, 0.2) is 72.4 Å². The van der Waals surface area contributed by atoms with E-state index in [-0.39, 0.29) is 11.7 Å². The van der Waals surface area contributed by atoms with Crippen molar-refractivity contribution in [3.05, 3.63) is 78.4 Å². The first-order chi connectivity index (χ1) is 14.6. The molecule has 0 saturated carbocycles. The van der Waals surface area contributed by atoms with Gasteiger partial charge in [0.05, 0.1) is 12.2 Å². The molecule has 1 N–H and O–H groups in total. The van der Waals surface area contributed by atoms with Crippen molar-refractivity contribution >= 4 is 23.1 Å². The minimum atomic E-state index is -0.459. The lowest BCUT2D eigenvalue weighted by Gasteiger charge is -2.20. The van der Waals surface area contributed by atoms with Crippen molar-refractivity contribution in [3.63, 3.8) is 0 Å². The van der Waals surface area contributed by atoms with E-state index in [1.54, 1.807) is 16.0 Å². The van der Waals surface area contributed by atoms with Gasteiger partial charge in [-0.1, -0.05) is 42.5 Å². The van der Waals surface area contributed by atoms with Crippen molar-refractivity contribution in [2.24, 2.45) is 5.10 Å². The number of carbonyl (C=O) groups is 2. The number of hydrogen-bond acceptors (Lipinski definition) is 6. The quantitative estimate of drug-likeness (QED) is 0.654. The Morgan fingerprint density at radius 2 is 1.90 bits per heavy atom. The fourth-order valence-corrected chi connectivity index (χ4v) is 3.41. The number of hydrogen-bond donors (Lipinski definition) is 1. The SMILES string of the molecule is CC(=O)C1CC(C(=O)NCc2cccc(Cn3cncn3)c2)=NN1c1ccccc1. The first kappa shape index (κ1) is 19.5. The Bertz CT molecular complexity index is 1060. The van der Waals surface area contributed by atoms with Gasteiger partial charge in [0.1, 0.15) is 24.4 Å². The molecular weight excluding hydrogens is 380 g/mol. The third-order valence-corrected chi connectivity index (χ3v) is 4.92. The van der Waals surface area contributed by atoms with Crippen molar-refractivity contribution in [2.75, 3.05) is 5.01 Å². The lowest BCUT2D eigenvalue weighted by molar-refractivity contribution is -0.118. The summed E-state index contributed by atoms with van der Waals surface area (Å²) in [6.07, 6.45) is 3.46. The average Bonchev–Trinajstić information content (AvgIpc) is 3.43. The van der Waals surface area contributed by atoms with Gasteiger partial charge >= 0.3 is 0 Å². The van der Waals surface area contributed by atoms with E-state index in [1.165, 1.54) is 13.3 Å². The molecule has 0 aliphatic carbocycles. The molecule has 0 radical (unpaired) electrons. The summed E-state index contributed by atoms with van der Waals surface area (Å²) in [5, 5.41) is 13.1. The second-order valence-corrected chi connectivity index (χ2v) is 7.15. The zero-order valence-electron chi connectivity index (χ0n) is 16.6. The van der Waals surface area contributed by atoms with Crippen molar-refractivity contribution in [3.8, 4) is 0 Å². The number of rotatable bonds is 7. The summed E-state index contributed by atoms with van der Waals surface area (Å²) in [4.78, 5) is 28.7. The van der Waals surface area contributed by atoms with Gasteiger partial charge in [0.15, 0.2) is 5.78 Å². The molecule has 0 fully saturated rings. The molecule has 2 aromatic carbocycles. The molecule has 0 spiro atoms. The summed E-state index contributed by atoms with van der Waals surface area (Å²) < 4.78 is 1.74. The number of nitrogens with zero attached hydrogens (tertiary/aromatic N) is 5. The van der Waals surface area contributed by atoms with Crippen LogP contribution in [0.25, 0.3) is 0 Å². The Morgan fingerprint density at radius 3 is 2.63 bits per heavy atom. The Kier molecular flexibility index (Phi) is 5.65. The Balaban J connectivity index is 1.42. The molecule has 0 bridgehead atoms. The van der Waals surface area contributed by atoms with Crippen LogP contribution in [0.4, 0.5) is 5.69 Å². The van der Waals surface area contributed by atoms with Crippen molar-refractivity contribution in [1.82, 2.24) is 20.1 Å². The van der Waals surface area contributed by atoms with Gasteiger partial charge in [-0.15, -0.1) is 0 Å². The number of amides is 1.